The van der Waals surface area contributed by atoms with Crippen molar-refractivity contribution in [1.29, 1.82) is 0 Å². The van der Waals surface area contributed by atoms with Crippen molar-refractivity contribution in [2.75, 3.05) is 0 Å². The smallest absolute Gasteiger partial charge is 0.280 e. The van der Waals surface area contributed by atoms with E-state index in [9.17, 15) is 8.42 Å². The number of hydrogen-bond donors (Lipinski definition) is 0. The maximum absolute atomic E-state index is 11.2. The molecule has 0 atom stereocenters. The average molecular weight is 340 g/mol. The van der Waals surface area contributed by atoms with E-state index >= 15 is 0 Å². The predicted molar refractivity (Wildman–Crippen MR) is 75.6 cm³/mol. The van der Waals surface area contributed by atoms with E-state index in [2.05, 4.69) is 4.98 Å². The molecule has 1 aromatic carbocycles. The lowest BCUT2D eigenvalue weighted by Crippen LogP contribution is -2.01. The molecule has 4 nitrogen and oxygen atoms in total. The van der Waals surface area contributed by atoms with Gasteiger partial charge >= 0.3 is 0 Å². The molecule has 0 saturated carbocycles. The van der Waals surface area contributed by atoms with Crippen molar-refractivity contribution in [1.82, 2.24) is 9.55 Å². The van der Waals surface area contributed by atoms with Gasteiger partial charge in [0.1, 0.15) is 5.82 Å². The van der Waals surface area contributed by atoms with Crippen molar-refractivity contribution in [2.24, 2.45) is 0 Å². The van der Waals surface area contributed by atoms with Gasteiger partial charge in [0.2, 0.25) is 0 Å². The van der Waals surface area contributed by atoms with Crippen LogP contribution in [0.5, 0.6) is 0 Å². The summed E-state index contributed by atoms with van der Waals surface area (Å²) in [4.78, 5) is 3.90. The molecule has 0 bridgehead atoms. The molecule has 0 unspecified atom stereocenters. The highest BCUT2D eigenvalue weighted by Gasteiger charge is 2.16. The molecular formula is C11H9Cl3N2O2S. The van der Waals surface area contributed by atoms with Crippen LogP contribution in [-0.2, 0) is 15.6 Å². The summed E-state index contributed by atoms with van der Waals surface area (Å²) in [6.45, 7) is 2.05. The van der Waals surface area contributed by atoms with Crippen molar-refractivity contribution < 1.29 is 8.42 Å². The van der Waals surface area contributed by atoms with Crippen LogP contribution in [0.25, 0.3) is 0 Å². The van der Waals surface area contributed by atoms with E-state index < -0.39 is 9.05 Å². The minimum atomic E-state index is -3.83. The molecular weight excluding hydrogens is 331 g/mol. The maximum Gasteiger partial charge on any atom is 0.280 e. The van der Waals surface area contributed by atoms with Gasteiger partial charge in [0, 0.05) is 16.9 Å². The summed E-state index contributed by atoms with van der Waals surface area (Å²) in [5.74, 6) is 0.523. The summed E-state index contributed by atoms with van der Waals surface area (Å²) in [7, 11) is 1.42. The normalized spacial score (nSPS) is 11.8. The molecule has 0 spiro atoms. The van der Waals surface area contributed by atoms with Crippen molar-refractivity contribution in [3.8, 4) is 0 Å². The monoisotopic (exact) mass is 338 g/mol. The average Bonchev–Trinajstić information content (AvgIpc) is 2.67. The highest BCUT2D eigenvalue weighted by molar-refractivity contribution is 8.13. The van der Waals surface area contributed by atoms with Crippen LogP contribution < -0.4 is 0 Å². The highest BCUT2D eigenvalue weighted by Crippen LogP contribution is 2.26. The molecule has 0 N–H and O–H groups in total. The summed E-state index contributed by atoms with van der Waals surface area (Å²) >= 11 is 12.0. The molecule has 8 heteroatoms. The fourth-order valence-electron chi connectivity index (χ4n) is 1.61. The topological polar surface area (TPSA) is 52.0 Å². The molecule has 1 heterocycles. The summed E-state index contributed by atoms with van der Waals surface area (Å²) in [6.07, 6.45) is 1.37. The van der Waals surface area contributed by atoms with Crippen LogP contribution in [0.1, 0.15) is 11.4 Å². The lowest BCUT2D eigenvalue weighted by Gasteiger charge is -2.07. The van der Waals surface area contributed by atoms with Gasteiger partial charge in [-0.05, 0) is 18.6 Å². The van der Waals surface area contributed by atoms with Crippen LogP contribution >= 0.6 is 33.9 Å². The Hall–Kier alpha value is -0.750. The summed E-state index contributed by atoms with van der Waals surface area (Å²) in [5.41, 5.74) is 0.771. The van der Waals surface area contributed by atoms with E-state index in [-0.39, 0.29) is 5.03 Å². The first kappa shape index (κ1) is 14.7. The number of aromatic nitrogens is 2. The Labute approximate surface area is 125 Å². The zero-order valence-corrected chi connectivity index (χ0v) is 12.9. The summed E-state index contributed by atoms with van der Waals surface area (Å²) < 4.78 is 24.1. The number of halogens is 3. The second-order valence-corrected chi connectivity index (χ2v) is 7.20. The molecule has 0 aliphatic heterocycles. The molecule has 0 aliphatic rings. The van der Waals surface area contributed by atoms with Gasteiger partial charge in [-0.15, -0.1) is 0 Å². The largest absolute Gasteiger partial charge is 0.329 e. The number of aryl methyl sites for hydroxylation is 1. The van der Waals surface area contributed by atoms with Crippen molar-refractivity contribution in [2.45, 2.75) is 18.5 Å². The highest BCUT2D eigenvalue weighted by atomic mass is 35.7. The number of nitrogens with zero attached hydrogens (tertiary/aromatic N) is 2. The zero-order chi connectivity index (χ0) is 14.2. The number of hydrogen-bond acceptors (Lipinski definition) is 3. The fraction of sp³-hybridized carbons (Fsp3) is 0.182. The van der Waals surface area contributed by atoms with Gasteiger partial charge in [-0.1, -0.05) is 35.3 Å². The van der Waals surface area contributed by atoms with Gasteiger partial charge in [-0.3, -0.25) is 0 Å². The molecule has 19 heavy (non-hydrogen) atoms. The fourth-order valence-corrected chi connectivity index (χ4v) is 2.71. The van der Waals surface area contributed by atoms with Crippen LogP contribution in [0, 0.1) is 6.92 Å². The number of benzene rings is 1. The van der Waals surface area contributed by atoms with Crippen LogP contribution in [-0.4, -0.2) is 18.0 Å². The van der Waals surface area contributed by atoms with Crippen molar-refractivity contribution in [3.63, 3.8) is 0 Å². The molecule has 102 valence electrons. The van der Waals surface area contributed by atoms with Crippen LogP contribution in [0.2, 0.25) is 10.0 Å². The Balaban J connectivity index is 2.39. The van der Waals surface area contributed by atoms with E-state index in [1.165, 1.54) is 6.20 Å². The molecule has 0 fully saturated rings. The van der Waals surface area contributed by atoms with Gasteiger partial charge in [0.25, 0.3) is 9.05 Å². The van der Waals surface area contributed by atoms with Gasteiger partial charge < -0.3 is 4.57 Å². The number of rotatable bonds is 3. The molecule has 0 radical (unpaired) electrons. The minimum Gasteiger partial charge on any atom is -0.329 e. The first-order chi connectivity index (χ1) is 8.79. The van der Waals surface area contributed by atoms with E-state index in [4.69, 9.17) is 33.9 Å². The quantitative estimate of drug-likeness (QED) is 0.805. The Morgan fingerprint density at radius 3 is 2.58 bits per heavy atom. The molecule has 2 aromatic rings. The Morgan fingerprint density at radius 1 is 1.32 bits per heavy atom. The lowest BCUT2D eigenvalue weighted by molar-refractivity contribution is 0.606. The van der Waals surface area contributed by atoms with Gasteiger partial charge in [0.05, 0.1) is 16.6 Å². The molecule has 0 saturated heterocycles. The third kappa shape index (κ3) is 3.23. The second-order valence-electron chi connectivity index (χ2n) is 3.91. The lowest BCUT2D eigenvalue weighted by atomic mass is 10.2. The van der Waals surface area contributed by atoms with Gasteiger partial charge in [-0.2, -0.15) is 0 Å². The summed E-state index contributed by atoms with van der Waals surface area (Å²) in [6, 6.07) is 5.26. The van der Waals surface area contributed by atoms with Crippen LogP contribution in [0.15, 0.2) is 29.4 Å². The van der Waals surface area contributed by atoms with Crippen molar-refractivity contribution >= 4 is 42.9 Å². The van der Waals surface area contributed by atoms with Crippen LogP contribution in [0.3, 0.4) is 0 Å². The third-order valence-electron chi connectivity index (χ3n) is 2.58. The molecule has 1 aromatic heterocycles. The van der Waals surface area contributed by atoms with E-state index in [1.807, 2.05) is 6.07 Å². The van der Waals surface area contributed by atoms with E-state index in [0.29, 0.717) is 22.4 Å². The number of imidazole rings is 1. The van der Waals surface area contributed by atoms with Gasteiger partial charge in [0.15, 0.2) is 5.03 Å². The first-order valence-electron chi connectivity index (χ1n) is 5.20. The SMILES string of the molecule is Cc1nc(S(=O)(=O)Cl)cn1Cc1cccc(Cl)c1Cl. The van der Waals surface area contributed by atoms with Crippen LogP contribution in [0.4, 0.5) is 0 Å². The Bertz CT molecular complexity index is 726. The predicted octanol–water partition coefficient (Wildman–Crippen LogP) is 3.47. The van der Waals surface area contributed by atoms with Crippen molar-refractivity contribution in [3.05, 3.63) is 45.8 Å². The first-order valence-corrected chi connectivity index (χ1v) is 8.27. The van der Waals surface area contributed by atoms with E-state index in [0.717, 1.165) is 5.56 Å². The molecule has 0 aliphatic carbocycles. The molecule has 2 rings (SSSR count). The third-order valence-corrected chi connectivity index (χ3v) is 4.60. The molecule has 0 amide bonds. The van der Waals surface area contributed by atoms with Gasteiger partial charge in [-0.25, -0.2) is 13.4 Å². The summed E-state index contributed by atoms with van der Waals surface area (Å²) in [5, 5.41) is 0.708. The zero-order valence-electron chi connectivity index (χ0n) is 9.77. The minimum absolute atomic E-state index is 0.176. The Morgan fingerprint density at radius 2 is 2.00 bits per heavy atom. The second kappa shape index (κ2) is 5.32. The van der Waals surface area contributed by atoms with E-state index in [1.54, 1.807) is 23.6 Å². The standard InChI is InChI=1S/C11H9Cl3N2O2S/c1-7-15-10(19(14,17)18)6-16(7)5-8-3-2-4-9(12)11(8)13/h2-4,6H,5H2,1H3. The Kier molecular flexibility index (Phi) is 4.11. The maximum atomic E-state index is 11.2.